The van der Waals surface area contributed by atoms with Gasteiger partial charge in [-0.15, -0.1) is 0 Å². The van der Waals surface area contributed by atoms with E-state index in [1.807, 2.05) is 44.2 Å². The van der Waals surface area contributed by atoms with Gasteiger partial charge >= 0.3 is 6.09 Å². The summed E-state index contributed by atoms with van der Waals surface area (Å²) in [4.78, 5) is 28.5. The number of hydrogen-bond acceptors (Lipinski definition) is 7. The minimum absolute atomic E-state index is 0.302. The second-order valence-corrected chi connectivity index (χ2v) is 6.44. The number of carbonyl (C=O) groups is 2. The smallest absolute Gasteiger partial charge is 0.425 e. The Balaban J connectivity index is 2.10. The zero-order chi connectivity index (χ0) is 21.2. The quantitative estimate of drug-likeness (QED) is 0.350. The Morgan fingerprint density at radius 3 is 2.52 bits per heavy atom. The molecule has 1 N–H and O–H groups in total. The summed E-state index contributed by atoms with van der Waals surface area (Å²) in [5.74, 6) is 0. The molecule has 1 aromatic heterocycles. The van der Waals surface area contributed by atoms with Crippen LogP contribution >= 0.6 is 0 Å². The number of carbonyl (C=O) groups excluding carboxylic acids is 2. The number of amides is 1. The van der Waals surface area contributed by atoms with Crippen LogP contribution in [0.2, 0.25) is 0 Å². The maximum Gasteiger partial charge on any atom is 0.425 e. The van der Waals surface area contributed by atoms with Gasteiger partial charge in [0.05, 0.1) is 5.52 Å². The number of rotatable bonds is 11. The molecule has 0 saturated carbocycles. The molecule has 0 saturated heterocycles. The lowest BCUT2D eigenvalue weighted by Crippen LogP contribution is -2.50. The lowest BCUT2D eigenvalue weighted by atomic mass is 10.1. The molecule has 0 bridgehead atoms. The van der Waals surface area contributed by atoms with Crippen LogP contribution in [0.25, 0.3) is 10.9 Å². The lowest BCUT2D eigenvalue weighted by Gasteiger charge is -2.29. The van der Waals surface area contributed by atoms with Crippen LogP contribution in [-0.2, 0) is 25.5 Å². The molecule has 0 aliphatic carbocycles. The second-order valence-electron chi connectivity index (χ2n) is 6.44. The predicted octanol–water partition coefficient (Wildman–Crippen LogP) is 3.05. The first kappa shape index (κ1) is 22.7. The summed E-state index contributed by atoms with van der Waals surface area (Å²) in [6, 6.07) is 8.91. The van der Waals surface area contributed by atoms with Gasteiger partial charge in [-0.3, -0.25) is 4.98 Å². The van der Waals surface area contributed by atoms with Gasteiger partial charge in [-0.2, -0.15) is 0 Å². The molecular weight excluding hydrogens is 374 g/mol. The van der Waals surface area contributed by atoms with Crippen molar-refractivity contribution in [2.24, 2.45) is 0 Å². The van der Waals surface area contributed by atoms with Gasteiger partial charge in [0.2, 0.25) is 0 Å². The number of para-hydroxylation sites is 1. The SMILES string of the molecule is CCOC(OCC)C(C)OC(=O)N(NCc1cccc2cccnc12)C(C)C=O. The molecule has 0 spiro atoms. The molecular formula is C21H29N3O5. The molecule has 0 radical (unpaired) electrons. The summed E-state index contributed by atoms with van der Waals surface area (Å²) in [7, 11) is 0. The molecule has 1 aromatic carbocycles. The average Bonchev–Trinajstić information content (AvgIpc) is 2.73. The number of fused-ring (bicyclic) bond motifs is 1. The fraction of sp³-hybridized carbons (Fsp3) is 0.476. The van der Waals surface area contributed by atoms with Crippen LogP contribution in [0.1, 0.15) is 33.3 Å². The van der Waals surface area contributed by atoms with Crippen LogP contribution in [0.3, 0.4) is 0 Å². The number of aldehydes is 1. The Morgan fingerprint density at radius 1 is 1.17 bits per heavy atom. The lowest BCUT2D eigenvalue weighted by molar-refractivity contribution is -0.187. The summed E-state index contributed by atoms with van der Waals surface area (Å²) in [6.45, 7) is 8.11. The first-order valence-electron chi connectivity index (χ1n) is 9.76. The monoisotopic (exact) mass is 403 g/mol. The maximum absolute atomic E-state index is 12.7. The van der Waals surface area contributed by atoms with Crippen molar-refractivity contribution in [2.75, 3.05) is 13.2 Å². The highest BCUT2D eigenvalue weighted by molar-refractivity contribution is 5.81. The van der Waals surface area contributed by atoms with Gasteiger partial charge < -0.3 is 19.0 Å². The Morgan fingerprint density at radius 2 is 1.86 bits per heavy atom. The highest BCUT2D eigenvalue weighted by atomic mass is 16.7. The minimum atomic E-state index is -0.727. The third-order valence-electron chi connectivity index (χ3n) is 4.29. The molecule has 2 unspecified atom stereocenters. The summed E-state index contributed by atoms with van der Waals surface area (Å²) >= 11 is 0. The van der Waals surface area contributed by atoms with Crippen LogP contribution < -0.4 is 5.43 Å². The van der Waals surface area contributed by atoms with Crippen molar-refractivity contribution in [3.05, 3.63) is 42.1 Å². The molecule has 2 aromatic rings. The van der Waals surface area contributed by atoms with Crippen LogP contribution in [-0.4, -0.2) is 54.0 Å². The molecule has 2 rings (SSSR count). The van der Waals surface area contributed by atoms with Crippen LogP contribution in [0.5, 0.6) is 0 Å². The largest absolute Gasteiger partial charge is 0.440 e. The van der Waals surface area contributed by atoms with Gasteiger partial charge in [-0.05, 0) is 39.3 Å². The minimum Gasteiger partial charge on any atom is -0.440 e. The fourth-order valence-corrected chi connectivity index (χ4v) is 2.84. The number of aromatic nitrogens is 1. The van der Waals surface area contributed by atoms with Crippen molar-refractivity contribution in [1.82, 2.24) is 15.4 Å². The number of pyridine rings is 1. The van der Waals surface area contributed by atoms with E-state index in [4.69, 9.17) is 14.2 Å². The first-order valence-corrected chi connectivity index (χ1v) is 9.76. The van der Waals surface area contributed by atoms with Gasteiger partial charge in [0, 0.05) is 31.3 Å². The standard InChI is InChI=1S/C21H29N3O5/c1-5-27-20(28-6-2)16(4)29-21(26)24(15(3)14-25)23-13-18-10-7-9-17-11-8-12-22-19(17)18/h7-12,14-16,20,23H,5-6,13H2,1-4H3. The van der Waals surface area contributed by atoms with Crippen molar-refractivity contribution < 1.29 is 23.8 Å². The molecule has 0 aliphatic heterocycles. The summed E-state index contributed by atoms with van der Waals surface area (Å²) in [6.07, 6.45) is 0.377. The highest BCUT2D eigenvalue weighted by Crippen LogP contribution is 2.16. The van der Waals surface area contributed by atoms with E-state index >= 15 is 0 Å². The van der Waals surface area contributed by atoms with Crippen LogP contribution in [0.15, 0.2) is 36.5 Å². The van der Waals surface area contributed by atoms with Crippen molar-refractivity contribution in [3.63, 3.8) is 0 Å². The van der Waals surface area contributed by atoms with Gasteiger partial charge in [-0.1, -0.05) is 24.3 Å². The number of nitrogens with one attached hydrogen (secondary N) is 1. The number of benzene rings is 1. The maximum atomic E-state index is 12.7. The highest BCUT2D eigenvalue weighted by Gasteiger charge is 2.27. The predicted molar refractivity (Wildman–Crippen MR) is 109 cm³/mol. The van der Waals surface area contributed by atoms with Crippen molar-refractivity contribution in [2.45, 2.75) is 52.7 Å². The Bertz CT molecular complexity index is 789. The van der Waals surface area contributed by atoms with E-state index in [1.165, 1.54) is 5.01 Å². The Kier molecular flexibility index (Phi) is 8.98. The third-order valence-corrected chi connectivity index (χ3v) is 4.29. The van der Waals surface area contributed by atoms with Crippen molar-refractivity contribution in [1.29, 1.82) is 0 Å². The second kappa shape index (κ2) is 11.5. The van der Waals surface area contributed by atoms with Crippen LogP contribution in [0, 0.1) is 0 Å². The summed E-state index contributed by atoms with van der Waals surface area (Å²) in [5.41, 5.74) is 4.72. The summed E-state index contributed by atoms with van der Waals surface area (Å²) < 4.78 is 16.4. The molecule has 1 heterocycles. The Hall–Kier alpha value is -2.55. The van der Waals surface area contributed by atoms with Crippen LogP contribution in [0.4, 0.5) is 4.79 Å². The van der Waals surface area contributed by atoms with E-state index in [2.05, 4.69) is 10.4 Å². The summed E-state index contributed by atoms with van der Waals surface area (Å²) in [5, 5.41) is 2.16. The van der Waals surface area contributed by atoms with E-state index in [0.29, 0.717) is 26.0 Å². The van der Waals surface area contributed by atoms with Gasteiger partial charge in [0.15, 0.2) is 12.4 Å². The first-order chi connectivity index (χ1) is 14.0. The Labute approximate surface area is 171 Å². The topological polar surface area (TPSA) is 90.0 Å². The van der Waals surface area contributed by atoms with E-state index in [1.54, 1.807) is 20.0 Å². The molecule has 1 amide bonds. The van der Waals surface area contributed by atoms with Crippen molar-refractivity contribution in [3.8, 4) is 0 Å². The van der Waals surface area contributed by atoms with Gasteiger partial charge in [-0.25, -0.2) is 15.2 Å². The average molecular weight is 403 g/mol. The third kappa shape index (κ3) is 6.22. The number of nitrogens with zero attached hydrogens (tertiary/aromatic N) is 2. The molecule has 158 valence electrons. The van der Waals surface area contributed by atoms with Gasteiger partial charge in [0.25, 0.3) is 0 Å². The normalized spacial score (nSPS) is 13.3. The number of hydrogen-bond donors (Lipinski definition) is 1. The van der Waals surface area contributed by atoms with Crippen molar-refractivity contribution >= 4 is 23.3 Å². The number of ether oxygens (including phenoxy) is 3. The zero-order valence-electron chi connectivity index (χ0n) is 17.3. The molecule has 8 heteroatoms. The number of hydrazine groups is 1. The van der Waals surface area contributed by atoms with E-state index in [0.717, 1.165) is 16.5 Å². The molecule has 29 heavy (non-hydrogen) atoms. The van der Waals surface area contributed by atoms with E-state index in [-0.39, 0.29) is 0 Å². The molecule has 0 aliphatic rings. The zero-order valence-corrected chi connectivity index (χ0v) is 17.3. The van der Waals surface area contributed by atoms with E-state index < -0.39 is 24.5 Å². The van der Waals surface area contributed by atoms with Gasteiger partial charge in [0.1, 0.15) is 12.3 Å². The molecule has 0 fully saturated rings. The molecule has 2 atom stereocenters. The van der Waals surface area contributed by atoms with E-state index in [9.17, 15) is 9.59 Å². The fourth-order valence-electron chi connectivity index (χ4n) is 2.84. The molecule has 8 nitrogen and oxygen atoms in total.